The monoisotopic (exact) mass is 249 g/mol. The highest BCUT2D eigenvalue weighted by Gasteiger charge is 2.38. The van der Waals surface area contributed by atoms with Gasteiger partial charge in [-0.1, -0.05) is 6.92 Å². The lowest BCUT2D eigenvalue weighted by Crippen LogP contribution is -2.09. The number of nitro groups is 1. The topological polar surface area (TPSA) is 52.4 Å². The summed E-state index contributed by atoms with van der Waals surface area (Å²) in [5, 5.41) is 10.5. The fourth-order valence-electron chi connectivity index (χ4n) is 1.21. The highest BCUT2D eigenvalue weighted by Crippen LogP contribution is 2.38. The number of hydrogen-bond donors (Lipinski definition) is 0. The summed E-state index contributed by atoms with van der Waals surface area (Å²) in [6.45, 7) is 2.06. The van der Waals surface area contributed by atoms with Gasteiger partial charge in [-0.2, -0.15) is 13.2 Å². The van der Waals surface area contributed by atoms with Gasteiger partial charge in [-0.25, -0.2) is 0 Å². The van der Waals surface area contributed by atoms with Crippen LogP contribution in [0, 0.1) is 10.1 Å². The van der Waals surface area contributed by atoms with Gasteiger partial charge >= 0.3 is 6.18 Å². The van der Waals surface area contributed by atoms with Gasteiger partial charge in [0.25, 0.3) is 5.69 Å². The third kappa shape index (κ3) is 3.33. The first-order valence-electron chi connectivity index (χ1n) is 4.84. The minimum Gasteiger partial charge on any atom is -0.494 e. The largest absolute Gasteiger partial charge is 0.494 e. The predicted molar refractivity (Wildman–Crippen MR) is 53.9 cm³/mol. The average Bonchev–Trinajstić information content (AvgIpc) is 2.24. The second-order valence-corrected chi connectivity index (χ2v) is 3.28. The van der Waals surface area contributed by atoms with Crippen molar-refractivity contribution in [3.8, 4) is 5.75 Å². The summed E-state index contributed by atoms with van der Waals surface area (Å²) in [5.74, 6) is -0.0234. The molecule has 0 aliphatic carbocycles. The molecule has 0 fully saturated rings. The van der Waals surface area contributed by atoms with Crippen molar-refractivity contribution in [1.82, 2.24) is 0 Å². The van der Waals surface area contributed by atoms with Crippen LogP contribution < -0.4 is 4.74 Å². The summed E-state index contributed by atoms with van der Waals surface area (Å²) in [5.41, 5.74) is -2.27. The predicted octanol–water partition coefficient (Wildman–Crippen LogP) is 3.40. The maximum absolute atomic E-state index is 12.6. The van der Waals surface area contributed by atoms with Crippen LogP contribution in [0.4, 0.5) is 18.9 Å². The van der Waals surface area contributed by atoms with Crippen LogP contribution in [0.1, 0.15) is 18.9 Å². The Kier molecular flexibility index (Phi) is 3.93. The summed E-state index contributed by atoms with van der Waals surface area (Å²) in [6.07, 6.45) is -4.13. The lowest BCUT2D eigenvalue weighted by molar-refractivity contribution is -0.388. The number of alkyl halides is 3. The van der Waals surface area contributed by atoms with Crippen LogP contribution in [0.2, 0.25) is 0 Å². The Balaban J connectivity index is 3.15. The van der Waals surface area contributed by atoms with E-state index < -0.39 is 22.4 Å². The summed E-state index contributed by atoms with van der Waals surface area (Å²) >= 11 is 0. The van der Waals surface area contributed by atoms with E-state index in [1.807, 2.05) is 0 Å². The molecule has 0 heterocycles. The van der Waals surface area contributed by atoms with E-state index in [1.165, 1.54) is 0 Å². The Hall–Kier alpha value is -1.79. The maximum atomic E-state index is 12.6. The molecule has 0 radical (unpaired) electrons. The van der Waals surface area contributed by atoms with Crippen molar-refractivity contribution in [2.24, 2.45) is 0 Å². The summed E-state index contributed by atoms with van der Waals surface area (Å²) < 4.78 is 42.7. The number of halogens is 3. The molecule has 4 nitrogen and oxygen atoms in total. The molecule has 1 aromatic rings. The van der Waals surface area contributed by atoms with Gasteiger partial charge in [-0.05, 0) is 18.6 Å². The van der Waals surface area contributed by atoms with Crippen LogP contribution in [-0.2, 0) is 6.18 Å². The molecule has 7 heteroatoms. The molecule has 0 N–H and O–H groups in total. The van der Waals surface area contributed by atoms with Crippen molar-refractivity contribution >= 4 is 5.69 Å². The van der Waals surface area contributed by atoms with Crippen LogP contribution in [-0.4, -0.2) is 11.5 Å². The third-order valence-corrected chi connectivity index (χ3v) is 1.94. The normalized spacial score (nSPS) is 11.3. The van der Waals surface area contributed by atoms with Crippen LogP contribution in [0.25, 0.3) is 0 Å². The smallest absolute Gasteiger partial charge is 0.423 e. The Labute approximate surface area is 95.2 Å². The van der Waals surface area contributed by atoms with Crippen LogP contribution in [0.5, 0.6) is 5.75 Å². The molecule has 1 aromatic carbocycles. The molecule has 17 heavy (non-hydrogen) atoms. The molecule has 0 aromatic heterocycles. The summed E-state index contributed by atoms with van der Waals surface area (Å²) in [6, 6.07) is 2.60. The Morgan fingerprint density at radius 2 is 2.06 bits per heavy atom. The van der Waals surface area contributed by atoms with E-state index >= 15 is 0 Å². The van der Waals surface area contributed by atoms with E-state index in [-0.39, 0.29) is 12.4 Å². The highest BCUT2D eigenvalue weighted by atomic mass is 19.4. The number of hydrogen-bond acceptors (Lipinski definition) is 3. The minimum atomic E-state index is -4.77. The van der Waals surface area contributed by atoms with Crippen molar-refractivity contribution in [2.75, 3.05) is 6.61 Å². The standard InChI is InChI=1S/C10H10F3NO3/c1-2-5-17-7-3-4-9(14(15)16)8(6-7)10(11,12)13/h3-4,6H,2,5H2,1H3. The van der Waals surface area contributed by atoms with Crippen molar-refractivity contribution in [2.45, 2.75) is 19.5 Å². The minimum absolute atomic E-state index is 0.0234. The number of nitro benzene ring substituents is 1. The van der Waals surface area contributed by atoms with E-state index in [0.29, 0.717) is 12.5 Å². The molecule has 94 valence electrons. The van der Waals surface area contributed by atoms with Gasteiger partial charge < -0.3 is 4.74 Å². The van der Waals surface area contributed by atoms with Crippen LogP contribution in [0.15, 0.2) is 18.2 Å². The first-order valence-corrected chi connectivity index (χ1v) is 4.84. The van der Waals surface area contributed by atoms with E-state index in [2.05, 4.69) is 0 Å². The molecular weight excluding hydrogens is 239 g/mol. The van der Waals surface area contributed by atoms with Gasteiger partial charge in [-0.15, -0.1) is 0 Å². The first kappa shape index (κ1) is 13.3. The van der Waals surface area contributed by atoms with Crippen LogP contribution in [0.3, 0.4) is 0 Å². The van der Waals surface area contributed by atoms with Crippen molar-refractivity contribution in [1.29, 1.82) is 0 Å². The molecular formula is C10H10F3NO3. The van der Waals surface area contributed by atoms with Gasteiger partial charge in [0.15, 0.2) is 0 Å². The van der Waals surface area contributed by atoms with Crippen molar-refractivity contribution < 1.29 is 22.8 Å². The first-order chi connectivity index (χ1) is 7.86. The fraction of sp³-hybridized carbons (Fsp3) is 0.400. The Morgan fingerprint density at radius 3 is 2.53 bits per heavy atom. The maximum Gasteiger partial charge on any atom is 0.423 e. The number of benzene rings is 1. The molecule has 0 aliphatic rings. The number of ether oxygens (including phenoxy) is 1. The summed E-state index contributed by atoms with van der Waals surface area (Å²) in [7, 11) is 0. The molecule has 0 bridgehead atoms. The van der Waals surface area contributed by atoms with E-state index in [0.717, 1.165) is 12.1 Å². The molecule has 0 amide bonds. The van der Waals surface area contributed by atoms with Gasteiger partial charge in [-0.3, -0.25) is 10.1 Å². The number of rotatable bonds is 4. The fourth-order valence-corrected chi connectivity index (χ4v) is 1.21. The molecule has 1 rings (SSSR count). The summed E-state index contributed by atoms with van der Waals surface area (Å²) in [4.78, 5) is 9.40. The van der Waals surface area contributed by atoms with Gasteiger partial charge in [0.05, 0.1) is 11.5 Å². The van der Waals surface area contributed by atoms with Crippen LogP contribution >= 0.6 is 0 Å². The highest BCUT2D eigenvalue weighted by molar-refractivity contribution is 5.46. The zero-order chi connectivity index (χ0) is 13.1. The van der Waals surface area contributed by atoms with Crippen molar-refractivity contribution in [3.05, 3.63) is 33.9 Å². The average molecular weight is 249 g/mol. The zero-order valence-corrected chi connectivity index (χ0v) is 8.95. The van der Waals surface area contributed by atoms with Crippen molar-refractivity contribution in [3.63, 3.8) is 0 Å². The second kappa shape index (κ2) is 5.03. The SMILES string of the molecule is CCCOc1ccc([N+](=O)[O-])c(C(F)(F)F)c1. The quantitative estimate of drug-likeness (QED) is 0.607. The number of nitrogens with zero attached hydrogens (tertiary/aromatic N) is 1. The van der Waals surface area contributed by atoms with E-state index in [9.17, 15) is 23.3 Å². The van der Waals surface area contributed by atoms with Gasteiger partial charge in [0, 0.05) is 6.07 Å². The van der Waals surface area contributed by atoms with E-state index in [1.54, 1.807) is 6.92 Å². The Morgan fingerprint density at radius 1 is 1.41 bits per heavy atom. The van der Waals surface area contributed by atoms with E-state index in [4.69, 9.17) is 4.74 Å². The second-order valence-electron chi connectivity index (χ2n) is 3.28. The lowest BCUT2D eigenvalue weighted by atomic mass is 10.1. The zero-order valence-electron chi connectivity index (χ0n) is 8.95. The molecule has 0 unspecified atom stereocenters. The molecule has 0 atom stereocenters. The molecule has 0 spiro atoms. The Bertz CT molecular complexity index is 418. The molecule has 0 saturated heterocycles. The lowest BCUT2D eigenvalue weighted by Gasteiger charge is -2.10. The molecule has 0 aliphatic heterocycles. The third-order valence-electron chi connectivity index (χ3n) is 1.94. The van der Waals surface area contributed by atoms with Gasteiger partial charge in [0.2, 0.25) is 0 Å². The molecule has 0 saturated carbocycles. The van der Waals surface area contributed by atoms with Gasteiger partial charge in [0.1, 0.15) is 11.3 Å².